The highest BCUT2D eigenvalue weighted by molar-refractivity contribution is 5.71. The minimum atomic E-state index is 0.306. The van der Waals surface area contributed by atoms with Crippen LogP contribution in [-0.2, 0) is 6.42 Å². The maximum Gasteiger partial charge on any atom is 0.160 e. The lowest BCUT2D eigenvalue weighted by Crippen LogP contribution is -2.16. The number of aromatic nitrogens is 3. The largest absolute Gasteiger partial charge is 0.508 e. The van der Waals surface area contributed by atoms with E-state index in [1.165, 1.54) is 32.1 Å². The van der Waals surface area contributed by atoms with Gasteiger partial charge in [-0.15, -0.1) is 0 Å². The summed E-state index contributed by atoms with van der Waals surface area (Å²) in [6.45, 7) is 0. The maximum absolute atomic E-state index is 9.71. The van der Waals surface area contributed by atoms with Crippen molar-refractivity contribution in [3.05, 3.63) is 54.0 Å². The summed E-state index contributed by atoms with van der Waals surface area (Å²) in [6.07, 6.45) is 8.87. The molecule has 0 aliphatic heterocycles. The lowest BCUT2D eigenvalue weighted by atomic mass is 9.95. The highest BCUT2D eigenvalue weighted by Gasteiger charge is 2.22. The van der Waals surface area contributed by atoms with Gasteiger partial charge in [0.05, 0.1) is 0 Å². The lowest BCUT2D eigenvalue weighted by molar-refractivity contribution is 0.352. The molecule has 1 aliphatic carbocycles. The Morgan fingerprint density at radius 3 is 2.78 bits per heavy atom. The molecule has 2 aromatic heterocycles. The van der Waals surface area contributed by atoms with Crippen LogP contribution in [0.25, 0.3) is 11.2 Å². The number of hydrogen-bond donors (Lipinski definition) is 1. The Hall–Kier alpha value is -2.36. The number of benzene rings is 1. The number of hydrogen-bond acceptors (Lipinski definition) is 3. The molecule has 1 fully saturated rings. The van der Waals surface area contributed by atoms with Gasteiger partial charge in [-0.1, -0.05) is 31.4 Å². The van der Waals surface area contributed by atoms with Crippen molar-refractivity contribution in [3.63, 3.8) is 0 Å². The molecule has 0 bridgehead atoms. The van der Waals surface area contributed by atoms with Gasteiger partial charge in [0.25, 0.3) is 0 Å². The first-order valence-corrected chi connectivity index (χ1v) is 8.41. The summed E-state index contributed by atoms with van der Waals surface area (Å²) in [5.41, 5.74) is 3.04. The molecule has 4 nitrogen and oxygen atoms in total. The average Bonchev–Trinajstić information content (AvgIpc) is 2.93. The van der Waals surface area contributed by atoms with Crippen molar-refractivity contribution in [3.8, 4) is 5.75 Å². The monoisotopic (exact) mass is 307 g/mol. The predicted molar refractivity (Wildman–Crippen MR) is 90.6 cm³/mol. The highest BCUT2D eigenvalue weighted by atomic mass is 16.3. The number of rotatable bonds is 3. The summed E-state index contributed by atoms with van der Waals surface area (Å²) in [6, 6.07) is 11.9. The van der Waals surface area contributed by atoms with E-state index in [9.17, 15) is 5.11 Å². The molecule has 4 heteroatoms. The summed E-state index contributed by atoms with van der Waals surface area (Å²) in [5, 5.41) is 9.71. The summed E-state index contributed by atoms with van der Waals surface area (Å²) in [7, 11) is 0. The molecule has 3 aromatic rings. The molecule has 118 valence electrons. The molecule has 4 rings (SSSR count). The van der Waals surface area contributed by atoms with Gasteiger partial charge >= 0.3 is 0 Å². The summed E-state index contributed by atoms with van der Waals surface area (Å²) < 4.78 is 2.35. The van der Waals surface area contributed by atoms with Crippen molar-refractivity contribution in [2.24, 2.45) is 0 Å². The van der Waals surface area contributed by atoms with Crippen molar-refractivity contribution < 1.29 is 5.11 Å². The van der Waals surface area contributed by atoms with Gasteiger partial charge in [0.1, 0.15) is 17.1 Å². The molecule has 0 unspecified atom stereocenters. The van der Waals surface area contributed by atoms with Crippen LogP contribution in [0.15, 0.2) is 42.6 Å². The van der Waals surface area contributed by atoms with Crippen LogP contribution in [0.2, 0.25) is 0 Å². The molecule has 0 saturated heterocycles. The maximum atomic E-state index is 9.71. The Bertz CT molecular complexity index is 818. The number of aromatic hydroxyl groups is 1. The number of pyridine rings is 1. The third-order valence-corrected chi connectivity index (χ3v) is 4.73. The van der Waals surface area contributed by atoms with Crippen LogP contribution >= 0.6 is 0 Å². The Morgan fingerprint density at radius 2 is 1.96 bits per heavy atom. The van der Waals surface area contributed by atoms with Crippen molar-refractivity contribution >= 4 is 11.2 Å². The van der Waals surface area contributed by atoms with E-state index < -0.39 is 0 Å². The van der Waals surface area contributed by atoms with E-state index in [1.807, 2.05) is 36.5 Å². The molecule has 1 N–H and O–H groups in total. The second-order valence-electron chi connectivity index (χ2n) is 6.38. The molecule has 2 heterocycles. The molecule has 0 spiro atoms. The second kappa shape index (κ2) is 6.03. The molecule has 0 atom stereocenters. The minimum absolute atomic E-state index is 0.306. The van der Waals surface area contributed by atoms with Crippen LogP contribution in [0.5, 0.6) is 5.75 Å². The van der Waals surface area contributed by atoms with E-state index in [-0.39, 0.29) is 0 Å². The molecule has 1 saturated carbocycles. The van der Waals surface area contributed by atoms with E-state index in [2.05, 4.69) is 9.55 Å². The van der Waals surface area contributed by atoms with Gasteiger partial charge in [-0.25, -0.2) is 9.97 Å². The normalized spacial score (nSPS) is 16.0. The van der Waals surface area contributed by atoms with Gasteiger partial charge in [0.2, 0.25) is 0 Å². The standard InChI is InChI=1S/C19H21N3O/c23-16-9-4-6-14(12-16)13-18-21-17-10-5-11-20-19(17)22(18)15-7-2-1-3-8-15/h4-6,9-12,15,23H,1-3,7-8,13H2. The van der Waals surface area contributed by atoms with E-state index in [0.29, 0.717) is 11.8 Å². The van der Waals surface area contributed by atoms with Gasteiger partial charge in [0.15, 0.2) is 5.65 Å². The van der Waals surface area contributed by atoms with Crippen molar-refractivity contribution in [1.82, 2.24) is 14.5 Å². The second-order valence-corrected chi connectivity index (χ2v) is 6.38. The van der Waals surface area contributed by atoms with Crippen molar-refractivity contribution in [1.29, 1.82) is 0 Å². The fourth-order valence-electron chi connectivity index (χ4n) is 3.67. The van der Waals surface area contributed by atoms with Crippen LogP contribution in [0.4, 0.5) is 0 Å². The molecule has 1 aromatic carbocycles. The van der Waals surface area contributed by atoms with Crippen LogP contribution < -0.4 is 0 Å². The number of nitrogens with zero attached hydrogens (tertiary/aromatic N) is 3. The number of fused-ring (bicyclic) bond motifs is 1. The zero-order chi connectivity index (χ0) is 15.6. The number of phenolic OH excluding ortho intramolecular Hbond substituents is 1. The minimum Gasteiger partial charge on any atom is -0.508 e. The molecule has 1 aliphatic rings. The molecule has 0 amide bonds. The van der Waals surface area contributed by atoms with Crippen molar-refractivity contribution in [2.75, 3.05) is 0 Å². The van der Waals surface area contributed by atoms with Gasteiger partial charge in [0, 0.05) is 18.7 Å². The van der Waals surface area contributed by atoms with Gasteiger partial charge in [-0.2, -0.15) is 0 Å². The third kappa shape index (κ3) is 2.81. The zero-order valence-corrected chi connectivity index (χ0v) is 13.2. The van der Waals surface area contributed by atoms with Gasteiger partial charge in [-0.3, -0.25) is 0 Å². The van der Waals surface area contributed by atoms with E-state index >= 15 is 0 Å². The first-order chi connectivity index (χ1) is 11.3. The van der Waals surface area contributed by atoms with Crippen molar-refractivity contribution in [2.45, 2.75) is 44.6 Å². The molecule has 23 heavy (non-hydrogen) atoms. The SMILES string of the molecule is Oc1cccc(Cc2nc3cccnc3n2C2CCCCC2)c1. The van der Waals surface area contributed by atoms with Crippen LogP contribution in [0.1, 0.15) is 49.5 Å². The third-order valence-electron chi connectivity index (χ3n) is 4.73. The highest BCUT2D eigenvalue weighted by Crippen LogP contribution is 2.32. The molecule has 0 radical (unpaired) electrons. The first kappa shape index (κ1) is 14.2. The van der Waals surface area contributed by atoms with E-state index in [1.54, 1.807) is 6.07 Å². The number of phenols is 1. The number of imidazole rings is 1. The summed E-state index contributed by atoms with van der Waals surface area (Å²) in [5.74, 6) is 1.36. The molecular formula is C19H21N3O. The average molecular weight is 307 g/mol. The first-order valence-electron chi connectivity index (χ1n) is 8.41. The van der Waals surface area contributed by atoms with Crippen LogP contribution in [0, 0.1) is 0 Å². The smallest absolute Gasteiger partial charge is 0.160 e. The van der Waals surface area contributed by atoms with E-state index in [4.69, 9.17) is 4.98 Å². The summed E-state index contributed by atoms with van der Waals surface area (Å²) >= 11 is 0. The Balaban J connectivity index is 1.78. The van der Waals surface area contributed by atoms with Gasteiger partial charge < -0.3 is 9.67 Å². The fraction of sp³-hybridized carbons (Fsp3) is 0.368. The predicted octanol–water partition coefficient (Wildman–Crippen LogP) is 4.23. The Morgan fingerprint density at radius 1 is 1.09 bits per heavy atom. The summed E-state index contributed by atoms with van der Waals surface area (Å²) in [4.78, 5) is 9.42. The fourth-order valence-corrected chi connectivity index (χ4v) is 3.67. The van der Waals surface area contributed by atoms with Crippen LogP contribution in [0.3, 0.4) is 0 Å². The quantitative estimate of drug-likeness (QED) is 0.787. The topological polar surface area (TPSA) is 50.9 Å². The lowest BCUT2D eigenvalue weighted by Gasteiger charge is -2.25. The Kier molecular flexibility index (Phi) is 3.74. The Labute approximate surface area is 135 Å². The van der Waals surface area contributed by atoms with Gasteiger partial charge in [-0.05, 0) is 42.7 Å². The van der Waals surface area contributed by atoms with Crippen LogP contribution in [-0.4, -0.2) is 19.6 Å². The zero-order valence-electron chi connectivity index (χ0n) is 13.2. The van der Waals surface area contributed by atoms with E-state index in [0.717, 1.165) is 29.0 Å². The molecular weight excluding hydrogens is 286 g/mol.